The molecule has 0 bridgehead atoms. The van der Waals surface area contributed by atoms with Crippen LogP contribution in [0.15, 0.2) is 4.99 Å². The van der Waals surface area contributed by atoms with Gasteiger partial charge in [0, 0.05) is 11.0 Å². The summed E-state index contributed by atoms with van der Waals surface area (Å²) in [6.07, 6.45) is 10.7. The van der Waals surface area contributed by atoms with Crippen molar-refractivity contribution in [2.45, 2.75) is 69.3 Å². The topological polar surface area (TPSA) is 82.6 Å². The molecule has 1 aromatic rings. The Hall–Kier alpha value is -1.69. The van der Waals surface area contributed by atoms with Crippen molar-refractivity contribution in [3.05, 3.63) is 11.8 Å². The van der Waals surface area contributed by atoms with Gasteiger partial charge >= 0.3 is 6.08 Å². The fraction of sp³-hybridized carbons (Fsp3) is 0.650. The molecule has 1 unspecified atom stereocenters. The van der Waals surface area contributed by atoms with Gasteiger partial charge in [-0.2, -0.15) is 9.37 Å². The van der Waals surface area contributed by atoms with Crippen LogP contribution >= 0.6 is 12.0 Å². The maximum atomic E-state index is 13.4. The van der Waals surface area contributed by atoms with Crippen molar-refractivity contribution in [3.8, 4) is 12.3 Å². The first-order chi connectivity index (χ1) is 13.2. The molecule has 0 aromatic carbocycles. The SMILES string of the molecule is C#C[C@@]1(COSC(C)(C)C)CC[C@H](CC2C=Nc3c(N)nc(F)nc3CC2)O1. The van der Waals surface area contributed by atoms with Gasteiger partial charge in [0.25, 0.3) is 0 Å². The number of anilines is 1. The van der Waals surface area contributed by atoms with E-state index < -0.39 is 11.7 Å². The highest BCUT2D eigenvalue weighted by Crippen LogP contribution is 2.37. The van der Waals surface area contributed by atoms with Gasteiger partial charge in [-0.15, -0.1) is 6.42 Å². The van der Waals surface area contributed by atoms with E-state index in [1.807, 2.05) is 6.21 Å². The molecule has 0 spiro atoms. The number of aliphatic imine (C=N–C) groups is 1. The van der Waals surface area contributed by atoms with E-state index in [0.717, 1.165) is 25.7 Å². The van der Waals surface area contributed by atoms with Crippen LogP contribution in [0.3, 0.4) is 0 Å². The highest BCUT2D eigenvalue weighted by atomic mass is 32.2. The summed E-state index contributed by atoms with van der Waals surface area (Å²) in [5, 5.41) is 0. The van der Waals surface area contributed by atoms with Crippen LogP contribution in [0.1, 0.15) is 52.1 Å². The lowest BCUT2D eigenvalue weighted by molar-refractivity contribution is -0.0300. The number of halogens is 1. The highest BCUT2D eigenvalue weighted by Gasteiger charge is 2.40. The zero-order valence-corrected chi connectivity index (χ0v) is 17.4. The summed E-state index contributed by atoms with van der Waals surface area (Å²) in [6.45, 7) is 6.64. The maximum Gasteiger partial charge on any atom is 0.310 e. The Morgan fingerprint density at radius 3 is 2.93 bits per heavy atom. The van der Waals surface area contributed by atoms with Crippen LogP contribution < -0.4 is 5.73 Å². The lowest BCUT2D eigenvalue weighted by atomic mass is 9.95. The summed E-state index contributed by atoms with van der Waals surface area (Å²) < 4.78 is 25.4. The Bertz CT molecular complexity index is 790. The fourth-order valence-corrected chi connectivity index (χ4v) is 4.05. The summed E-state index contributed by atoms with van der Waals surface area (Å²) >= 11 is 1.42. The molecular weight excluding hydrogens is 379 g/mol. The minimum atomic E-state index is -0.809. The van der Waals surface area contributed by atoms with Gasteiger partial charge in [-0.25, -0.2) is 4.98 Å². The van der Waals surface area contributed by atoms with Gasteiger partial charge in [0.2, 0.25) is 0 Å². The predicted molar refractivity (Wildman–Crippen MR) is 110 cm³/mol. The number of hydrogen-bond acceptors (Lipinski definition) is 7. The normalized spacial score (nSPS) is 27.2. The number of nitrogens with two attached hydrogens (primary N) is 1. The van der Waals surface area contributed by atoms with E-state index in [1.54, 1.807) is 0 Å². The fourth-order valence-electron chi connectivity index (χ4n) is 3.45. The van der Waals surface area contributed by atoms with Gasteiger partial charge in [-0.1, -0.05) is 5.92 Å². The summed E-state index contributed by atoms with van der Waals surface area (Å²) in [5.41, 5.74) is 6.14. The van der Waals surface area contributed by atoms with Gasteiger partial charge in [-0.3, -0.25) is 4.99 Å². The molecule has 0 radical (unpaired) electrons. The summed E-state index contributed by atoms with van der Waals surface area (Å²) in [7, 11) is 0. The molecule has 3 heterocycles. The molecular formula is C20H27FN4O2S. The number of nitrogen functional groups attached to an aromatic ring is 1. The number of ether oxygens (including phenoxy) is 1. The molecule has 3 rings (SSSR count). The van der Waals surface area contributed by atoms with Crippen LogP contribution in [-0.4, -0.2) is 39.2 Å². The second-order valence-electron chi connectivity index (χ2n) is 8.36. The van der Waals surface area contributed by atoms with Crippen LogP contribution in [0.5, 0.6) is 0 Å². The van der Waals surface area contributed by atoms with Crippen molar-refractivity contribution < 1.29 is 13.3 Å². The summed E-state index contributed by atoms with van der Waals surface area (Å²) in [5.74, 6) is 3.06. The van der Waals surface area contributed by atoms with E-state index in [1.165, 1.54) is 12.0 Å². The number of aromatic nitrogens is 2. The average molecular weight is 407 g/mol. The zero-order chi connectivity index (χ0) is 20.4. The van der Waals surface area contributed by atoms with Gasteiger partial charge in [0.15, 0.2) is 11.4 Å². The Morgan fingerprint density at radius 2 is 2.21 bits per heavy atom. The molecule has 3 atom stereocenters. The molecule has 2 aliphatic heterocycles. The third-order valence-electron chi connectivity index (χ3n) is 4.81. The molecule has 1 saturated heterocycles. The molecule has 6 nitrogen and oxygen atoms in total. The predicted octanol–water partition coefficient (Wildman–Crippen LogP) is 3.87. The molecule has 2 aliphatic rings. The van der Waals surface area contributed by atoms with Crippen LogP contribution in [-0.2, 0) is 15.3 Å². The maximum absolute atomic E-state index is 13.4. The van der Waals surface area contributed by atoms with Crippen LogP contribution in [0.2, 0.25) is 0 Å². The molecule has 0 amide bonds. The number of rotatable bonds is 5. The van der Waals surface area contributed by atoms with E-state index in [2.05, 4.69) is 41.7 Å². The van der Waals surface area contributed by atoms with Crippen molar-refractivity contribution >= 4 is 29.8 Å². The molecule has 28 heavy (non-hydrogen) atoms. The second-order valence-corrected chi connectivity index (χ2v) is 9.99. The van der Waals surface area contributed by atoms with E-state index in [0.29, 0.717) is 24.4 Å². The van der Waals surface area contributed by atoms with E-state index in [-0.39, 0.29) is 22.6 Å². The number of fused-ring (bicyclic) bond motifs is 1. The van der Waals surface area contributed by atoms with Crippen molar-refractivity contribution in [2.24, 2.45) is 10.9 Å². The standard InChI is InChI=1S/C20H27FN4O2S/c1-5-20(12-26-28-19(2,3)4)9-8-14(27-20)10-13-6-7-15-16(23-11-13)17(22)25-18(21)24-15/h1,11,13-14H,6-10,12H2,2-4H3,(H2,22,24,25)/t13?,14-,20+/m1/s1. The summed E-state index contributed by atoms with van der Waals surface area (Å²) in [4.78, 5) is 11.8. The number of nitrogens with zero attached hydrogens (tertiary/aromatic N) is 3. The third kappa shape index (κ3) is 5.22. The minimum absolute atomic E-state index is 0.00379. The number of terminal acetylenes is 1. The second kappa shape index (κ2) is 8.36. The molecule has 1 fully saturated rings. The first-order valence-electron chi connectivity index (χ1n) is 9.52. The van der Waals surface area contributed by atoms with E-state index in [4.69, 9.17) is 21.1 Å². The minimum Gasteiger partial charge on any atom is -0.382 e. The Morgan fingerprint density at radius 1 is 1.43 bits per heavy atom. The largest absolute Gasteiger partial charge is 0.382 e. The molecule has 152 valence electrons. The molecule has 0 saturated carbocycles. The quantitative estimate of drug-likeness (QED) is 0.454. The lowest BCUT2D eigenvalue weighted by Crippen LogP contribution is -2.33. The van der Waals surface area contributed by atoms with Crippen LogP contribution in [0, 0.1) is 24.3 Å². The first kappa shape index (κ1) is 21.0. The van der Waals surface area contributed by atoms with Gasteiger partial charge in [-0.05, 0) is 70.8 Å². The smallest absolute Gasteiger partial charge is 0.310 e. The van der Waals surface area contributed by atoms with E-state index in [9.17, 15) is 4.39 Å². The van der Waals surface area contributed by atoms with Gasteiger partial charge < -0.3 is 14.7 Å². The van der Waals surface area contributed by atoms with Gasteiger partial charge in [0.1, 0.15) is 12.3 Å². The van der Waals surface area contributed by atoms with Gasteiger partial charge in [0.05, 0.1) is 11.8 Å². The van der Waals surface area contributed by atoms with Crippen LogP contribution in [0.4, 0.5) is 15.9 Å². The van der Waals surface area contributed by atoms with E-state index >= 15 is 0 Å². The molecule has 8 heteroatoms. The Labute approximate surface area is 170 Å². The molecule has 2 N–H and O–H groups in total. The van der Waals surface area contributed by atoms with Crippen molar-refractivity contribution in [1.82, 2.24) is 9.97 Å². The zero-order valence-electron chi connectivity index (χ0n) is 16.6. The van der Waals surface area contributed by atoms with Crippen molar-refractivity contribution in [1.29, 1.82) is 0 Å². The average Bonchev–Trinajstić information content (AvgIpc) is 2.89. The third-order valence-corrected chi connectivity index (χ3v) is 5.55. The van der Waals surface area contributed by atoms with Crippen LogP contribution in [0.25, 0.3) is 0 Å². The number of aryl methyl sites for hydroxylation is 1. The summed E-state index contributed by atoms with van der Waals surface area (Å²) in [6, 6.07) is 0. The lowest BCUT2D eigenvalue weighted by Gasteiger charge is -2.26. The monoisotopic (exact) mass is 406 g/mol. The first-order valence-corrected chi connectivity index (χ1v) is 10.3. The Kier molecular flexibility index (Phi) is 6.28. The molecule has 0 aliphatic carbocycles. The van der Waals surface area contributed by atoms with Crippen molar-refractivity contribution in [3.63, 3.8) is 0 Å². The number of hydrogen-bond donors (Lipinski definition) is 1. The highest BCUT2D eigenvalue weighted by molar-refractivity contribution is 7.96. The molecule has 1 aromatic heterocycles. The van der Waals surface area contributed by atoms with Crippen molar-refractivity contribution in [2.75, 3.05) is 12.3 Å². The Balaban J connectivity index is 1.58.